The number of hydrogen-bond acceptors (Lipinski definition) is 5. The first-order valence-corrected chi connectivity index (χ1v) is 8.67. The summed E-state index contributed by atoms with van der Waals surface area (Å²) in [4.78, 5) is 0. The summed E-state index contributed by atoms with van der Waals surface area (Å²) in [5.41, 5.74) is 0.550. The van der Waals surface area contributed by atoms with E-state index in [9.17, 15) is 10.2 Å². The molecule has 0 saturated heterocycles. The number of allylic oxidation sites excluding steroid dienone is 1. The van der Waals surface area contributed by atoms with Gasteiger partial charge in [-0.3, -0.25) is 0 Å². The maximum absolute atomic E-state index is 11.1. The van der Waals surface area contributed by atoms with Gasteiger partial charge in [-0.05, 0) is 42.0 Å². The van der Waals surface area contributed by atoms with Crippen LogP contribution in [0.3, 0.4) is 0 Å². The van der Waals surface area contributed by atoms with Crippen molar-refractivity contribution in [1.29, 1.82) is 0 Å². The molecular weight excluding hydrogens is 320 g/mol. The van der Waals surface area contributed by atoms with Crippen LogP contribution in [-0.4, -0.2) is 36.3 Å². The van der Waals surface area contributed by atoms with Gasteiger partial charge in [0.05, 0.1) is 13.2 Å². The molecule has 6 atom stereocenters. The van der Waals surface area contributed by atoms with Crippen molar-refractivity contribution in [3.05, 3.63) is 48.3 Å². The van der Waals surface area contributed by atoms with Crippen molar-refractivity contribution in [2.75, 3.05) is 13.9 Å². The summed E-state index contributed by atoms with van der Waals surface area (Å²) in [6, 6.07) is 5.87. The number of ether oxygens (including phenoxy) is 3. The molecule has 2 N–H and O–H groups in total. The van der Waals surface area contributed by atoms with Gasteiger partial charge in [-0.1, -0.05) is 19.1 Å². The van der Waals surface area contributed by atoms with E-state index in [0.29, 0.717) is 17.9 Å². The molecule has 5 heteroatoms. The molecule has 1 saturated carbocycles. The Morgan fingerprint density at radius 3 is 2.80 bits per heavy atom. The average molecular weight is 344 g/mol. The molecule has 4 rings (SSSR count). The summed E-state index contributed by atoms with van der Waals surface area (Å²) >= 11 is 0. The van der Waals surface area contributed by atoms with E-state index in [4.69, 9.17) is 14.2 Å². The largest absolute Gasteiger partial charge is 0.499 e. The third-order valence-electron chi connectivity index (χ3n) is 6.30. The van der Waals surface area contributed by atoms with Gasteiger partial charge in [0.2, 0.25) is 6.79 Å². The molecule has 1 heterocycles. The standard InChI is InChI=1S/C20H24O5/c1-4-7-20-9-15(23-3)18(21)17(19(20)22)16(11(20)2)12-5-6-13-14(8-12)25-10-24-13/h4-6,8-9,11,16-19,21-22H,1,7,10H2,2-3H3. The molecule has 0 radical (unpaired) electrons. The number of methoxy groups -OCH3 is 1. The van der Waals surface area contributed by atoms with Gasteiger partial charge in [0.1, 0.15) is 11.9 Å². The lowest BCUT2D eigenvalue weighted by Crippen LogP contribution is -2.44. The van der Waals surface area contributed by atoms with Gasteiger partial charge in [-0.25, -0.2) is 0 Å². The van der Waals surface area contributed by atoms with E-state index in [-0.39, 0.29) is 24.5 Å². The van der Waals surface area contributed by atoms with Crippen LogP contribution in [0, 0.1) is 17.3 Å². The van der Waals surface area contributed by atoms with Crippen LogP contribution in [0.15, 0.2) is 42.7 Å². The zero-order valence-corrected chi connectivity index (χ0v) is 14.5. The molecule has 0 amide bonds. The maximum Gasteiger partial charge on any atom is 0.231 e. The van der Waals surface area contributed by atoms with E-state index >= 15 is 0 Å². The number of rotatable bonds is 4. The number of fused-ring (bicyclic) bond motifs is 3. The average Bonchev–Trinajstić information content (AvgIpc) is 3.13. The Balaban J connectivity index is 1.81. The lowest BCUT2D eigenvalue weighted by atomic mass is 9.70. The summed E-state index contributed by atoms with van der Waals surface area (Å²) in [5.74, 6) is 1.72. The van der Waals surface area contributed by atoms with Crippen LogP contribution in [0.2, 0.25) is 0 Å². The Morgan fingerprint density at radius 2 is 2.08 bits per heavy atom. The van der Waals surface area contributed by atoms with Crippen LogP contribution in [0.1, 0.15) is 24.8 Å². The lowest BCUT2D eigenvalue weighted by molar-refractivity contribution is -0.0347. The number of benzene rings is 1. The first-order chi connectivity index (χ1) is 12.0. The smallest absolute Gasteiger partial charge is 0.231 e. The van der Waals surface area contributed by atoms with Gasteiger partial charge in [-0.15, -0.1) is 6.58 Å². The quantitative estimate of drug-likeness (QED) is 0.822. The number of aliphatic hydroxyl groups is 2. The van der Waals surface area contributed by atoms with E-state index in [0.717, 1.165) is 11.3 Å². The molecule has 1 aromatic carbocycles. The second-order valence-corrected chi connectivity index (χ2v) is 7.25. The highest BCUT2D eigenvalue weighted by atomic mass is 16.7. The molecule has 134 valence electrons. The topological polar surface area (TPSA) is 68.2 Å². The van der Waals surface area contributed by atoms with Crippen molar-refractivity contribution < 1.29 is 24.4 Å². The van der Waals surface area contributed by atoms with Gasteiger partial charge in [0, 0.05) is 11.3 Å². The second kappa shape index (κ2) is 5.78. The number of hydrogen-bond donors (Lipinski definition) is 2. The first kappa shape index (κ1) is 16.5. The van der Waals surface area contributed by atoms with Crippen molar-refractivity contribution in [2.45, 2.75) is 31.5 Å². The summed E-state index contributed by atoms with van der Waals surface area (Å²) in [6.07, 6.45) is 2.88. The van der Waals surface area contributed by atoms with Crippen LogP contribution in [-0.2, 0) is 4.74 Å². The van der Waals surface area contributed by atoms with E-state index < -0.39 is 17.6 Å². The van der Waals surface area contributed by atoms with E-state index in [1.807, 2.05) is 30.4 Å². The summed E-state index contributed by atoms with van der Waals surface area (Å²) in [7, 11) is 1.56. The van der Waals surface area contributed by atoms with E-state index in [1.54, 1.807) is 7.11 Å². The zero-order valence-electron chi connectivity index (χ0n) is 14.5. The zero-order chi connectivity index (χ0) is 17.8. The molecule has 1 aliphatic heterocycles. The Hall–Kier alpha value is -1.98. The Labute approximate surface area is 147 Å². The summed E-state index contributed by atoms with van der Waals surface area (Å²) in [5, 5.41) is 21.9. The number of aliphatic hydroxyl groups excluding tert-OH is 2. The Morgan fingerprint density at radius 1 is 1.32 bits per heavy atom. The maximum atomic E-state index is 11.1. The monoisotopic (exact) mass is 344 g/mol. The molecule has 0 aromatic heterocycles. The molecule has 2 bridgehead atoms. The van der Waals surface area contributed by atoms with Crippen molar-refractivity contribution in [3.8, 4) is 11.5 Å². The SMILES string of the molecule is C=CCC12C=C(OC)C(O)C(C(c3ccc4c(c3)OCO4)C1C)C2O. The highest BCUT2D eigenvalue weighted by Crippen LogP contribution is 2.62. The fraction of sp³-hybridized carbons (Fsp3) is 0.500. The molecule has 1 fully saturated rings. The normalized spacial score (nSPS) is 38.4. The molecule has 5 nitrogen and oxygen atoms in total. The molecule has 25 heavy (non-hydrogen) atoms. The van der Waals surface area contributed by atoms with Gasteiger partial charge in [0.15, 0.2) is 11.5 Å². The molecule has 0 spiro atoms. The van der Waals surface area contributed by atoms with Crippen LogP contribution < -0.4 is 9.47 Å². The minimum absolute atomic E-state index is 0.0247. The minimum atomic E-state index is -0.835. The fourth-order valence-corrected chi connectivity index (χ4v) is 5.04. The van der Waals surface area contributed by atoms with Crippen LogP contribution in [0.4, 0.5) is 0 Å². The molecular formula is C20H24O5. The first-order valence-electron chi connectivity index (χ1n) is 8.67. The van der Waals surface area contributed by atoms with Crippen molar-refractivity contribution in [2.24, 2.45) is 17.3 Å². The minimum Gasteiger partial charge on any atom is -0.499 e. The Kier molecular flexibility index (Phi) is 3.81. The van der Waals surface area contributed by atoms with Crippen molar-refractivity contribution >= 4 is 0 Å². The highest BCUT2D eigenvalue weighted by Gasteiger charge is 2.62. The summed E-state index contributed by atoms with van der Waals surface area (Å²) in [6.45, 7) is 6.22. The third-order valence-corrected chi connectivity index (χ3v) is 6.30. The molecule has 1 aromatic rings. The highest BCUT2D eigenvalue weighted by molar-refractivity contribution is 5.47. The van der Waals surface area contributed by atoms with Gasteiger partial charge >= 0.3 is 0 Å². The third kappa shape index (κ3) is 2.15. The van der Waals surface area contributed by atoms with Crippen LogP contribution in [0.5, 0.6) is 11.5 Å². The molecule has 6 unspecified atom stereocenters. The van der Waals surface area contributed by atoms with Crippen LogP contribution >= 0.6 is 0 Å². The molecule has 3 aliphatic rings. The lowest BCUT2D eigenvalue weighted by Gasteiger charge is -2.39. The van der Waals surface area contributed by atoms with Gasteiger partial charge < -0.3 is 24.4 Å². The van der Waals surface area contributed by atoms with E-state index in [1.165, 1.54) is 0 Å². The van der Waals surface area contributed by atoms with E-state index in [2.05, 4.69) is 13.5 Å². The van der Waals surface area contributed by atoms with Crippen molar-refractivity contribution in [3.63, 3.8) is 0 Å². The van der Waals surface area contributed by atoms with Gasteiger partial charge in [-0.2, -0.15) is 0 Å². The second-order valence-electron chi connectivity index (χ2n) is 7.25. The predicted octanol–water partition coefficient (Wildman–Crippen LogP) is 2.59. The van der Waals surface area contributed by atoms with Crippen LogP contribution in [0.25, 0.3) is 0 Å². The summed E-state index contributed by atoms with van der Waals surface area (Å²) < 4.78 is 16.3. The molecule has 2 aliphatic carbocycles. The fourth-order valence-electron chi connectivity index (χ4n) is 5.04. The van der Waals surface area contributed by atoms with Gasteiger partial charge in [0.25, 0.3) is 0 Å². The predicted molar refractivity (Wildman–Crippen MR) is 92.3 cm³/mol. The van der Waals surface area contributed by atoms with Crippen molar-refractivity contribution in [1.82, 2.24) is 0 Å². The Bertz CT molecular complexity index is 727.